The van der Waals surface area contributed by atoms with Crippen LogP contribution >= 0.6 is 0 Å². The number of allylic oxidation sites excluding steroid dienone is 8. The van der Waals surface area contributed by atoms with E-state index in [2.05, 4.69) is 294 Å². The molecule has 0 fully saturated rings. The molecule has 4 aromatic heterocycles. The van der Waals surface area contributed by atoms with Crippen molar-refractivity contribution in [3.8, 4) is 0 Å². The van der Waals surface area contributed by atoms with Crippen LogP contribution in [0.3, 0.4) is 0 Å². The zero-order valence-electron chi connectivity index (χ0n) is 70.7. The van der Waals surface area contributed by atoms with Gasteiger partial charge in [-0.25, -0.2) is 0 Å². The van der Waals surface area contributed by atoms with E-state index in [4.69, 9.17) is 39.9 Å². The van der Waals surface area contributed by atoms with Crippen LogP contribution in [-0.4, -0.2) is 22.8 Å². The third kappa shape index (κ3) is 17.2. The van der Waals surface area contributed by atoms with Crippen molar-refractivity contribution >= 4 is 45.1 Å². The monoisotopic (exact) mass is 1510 g/mol. The molecule has 4 aliphatic heterocycles. The van der Waals surface area contributed by atoms with Crippen molar-refractivity contribution in [2.75, 3.05) is 0 Å². The summed E-state index contributed by atoms with van der Waals surface area (Å²) in [6.07, 6.45) is 8.35. The molecular formula is C96H116N8Zn2. The summed E-state index contributed by atoms with van der Waals surface area (Å²) < 4.78 is 0. The van der Waals surface area contributed by atoms with Gasteiger partial charge in [0, 0.05) is 22.8 Å². The van der Waals surface area contributed by atoms with Crippen LogP contribution in [0.4, 0.5) is 0 Å². The van der Waals surface area contributed by atoms with E-state index in [1.165, 1.54) is 178 Å². The van der Waals surface area contributed by atoms with Crippen molar-refractivity contribution in [1.82, 2.24) is 19.9 Å². The predicted molar refractivity (Wildman–Crippen MR) is 448 cm³/mol. The largest absolute Gasteiger partial charge is 2.00 e. The molecule has 544 valence electrons. The Morgan fingerprint density at radius 2 is 0.538 bits per heavy atom. The second-order valence-corrected chi connectivity index (χ2v) is 30.3. The smallest absolute Gasteiger partial charge is 0.661 e. The molecule has 0 N–H and O–H groups in total. The molecule has 0 amide bonds. The summed E-state index contributed by atoms with van der Waals surface area (Å²) in [6.45, 7) is 69.3. The number of aryl methyl sites for hydroxylation is 18. The van der Waals surface area contributed by atoms with E-state index in [9.17, 15) is 0 Å². The minimum absolute atomic E-state index is 0. The summed E-state index contributed by atoms with van der Waals surface area (Å²) in [5.74, 6) is 0. The summed E-state index contributed by atoms with van der Waals surface area (Å²) in [6, 6.07) is 22.4. The molecule has 10 heteroatoms. The topological polar surface area (TPSA) is 106 Å². The fourth-order valence-corrected chi connectivity index (χ4v) is 17.4. The number of nitrogens with zero attached hydrogens (tertiary/aromatic N) is 8. The Hall–Kier alpha value is -8.15. The third-order valence-corrected chi connectivity index (χ3v) is 21.5. The summed E-state index contributed by atoms with van der Waals surface area (Å²) >= 11 is 0. The van der Waals surface area contributed by atoms with Gasteiger partial charge < -0.3 is 19.9 Å². The normalized spacial score (nSPS) is 15.9. The van der Waals surface area contributed by atoms with Gasteiger partial charge in [-0.3, -0.25) is 20.0 Å². The standard InChI is InChI=1S/2C26H33N2.2C22H25N2.2Zn/c2*1-10-21-17(6)25(27-19(21)8)24(23-15(4)12-14(3)13-16(23)5)26-18(7)22(11-2)20(9)28-26;2*1-12-8-13(2)19(14(3)9-12)20(21-15(4)10-17(6)23-21)22-16(5)11-18(7)24-22;;/h2*12-13H,10-11H2,1-9H3;2*8-11H,1-7H3;;/q4*-1;2*+2. The van der Waals surface area contributed by atoms with E-state index >= 15 is 0 Å². The second kappa shape index (κ2) is 34.8. The van der Waals surface area contributed by atoms with Crippen LogP contribution < -0.4 is 19.9 Å². The maximum Gasteiger partial charge on any atom is 2.00 e. The van der Waals surface area contributed by atoms with E-state index in [-0.39, 0.29) is 39.0 Å². The second-order valence-electron chi connectivity index (χ2n) is 30.3. The van der Waals surface area contributed by atoms with Gasteiger partial charge in [0.05, 0.1) is 22.8 Å². The average Bonchev–Trinajstić information content (AvgIpc) is 1.56. The molecule has 106 heavy (non-hydrogen) atoms. The maximum absolute atomic E-state index is 5.07. The van der Waals surface area contributed by atoms with Crippen molar-refractivity contribution in [1.29, 1.82) is 0 Å². The molecule has 4 aromatic carbocycles. The first-order valence-corrected chi connectivity index (χ1v) is 37.7. The van der Waals surface area contributed by atoms with Crippen molar-refractivity contribution < 1.29 is 39.0 Å². The van der Waals surface area contributed by atoms with Gasteiger partial charge in [-0.2, -0.15) is 22.8 Å². The number of aromatic nitrogens is 4. The van der Waals surface area contributed by atoms with Gasteiger partial charge in [-0.15, -0.1) is 22.8 Å². The minimum Gasteiger partial charge on any atom is -0.661 e. The van der Waals surface area contributed by atoms with Gasteiger partial charge in [-0.05, 0) is 326 Å². The van der Waals surface area contributed by atoms with Crippen LogP contribution in [0.1, 0.15) is 264 Å². The van der Waals surface area contributed by atoms with Crippen LogP contribution in [0.15, 0.2) is 149 Å². The van der Waals surface area contributed by atoms with Gasteiger partial charge in [0.15, 0.2) is 0 Å². The molecule has 0 saturated carbocycles. The Bertz CT molecular complexity index is 4800. The zero-order chi connectivity index (χ0) is 76.7. The van der Waals surface area contributed by atoms with E-state index in [1.54, 1.807) is 0 Å². The molecule has 0 saturated heterocycles. The first-order chi connectivity index (χ1) is 49.0. The molecular weight excluding hydrogens is 1400 g/mol. The first-order valence-electron chi connectivity index (χ1n) is 37.7. The van der Waals surface area contributed by atoms with Crippen LogP contribution in [0, 0.1) is 138 Å². The molecule has 8 aromatic rings. The number of aliphatic imine (C=N–C) groups is 4. The SMILES string of the molecule is CC1=CC(C)=NC1=C(c1[n-]c(C)cc1C)c1c(C)cc(C)cc1C.CC1=CC(C)=NC1=C(c1[n-]c(C)cc1C)c1c(C)cc(C)cc1C.CCC1=C(C)C(=C(c2[n-]c(C)c(CC)c2C)c2c(C)cc(C)cc2C)N=C1C.CCC1=C(C)C(=C(c2[n-]c(C)c(CC)c2C)c2c(C)cc(C)cc2C)N=C1C.[Zn+2].[Zn+2]. The Morgan fingerprint density at radius 3 is 0.726 bits per heavy atom. The van der Waals surface area contributed by atoms with E-state index < -0.39 is 0 Å². The number of rotatable bonds is 12. The van der Waals surface area contributed by atoms with E-state index in [0.717, 1.165) is 117 Å². The van der Waals surface area contributed by atoms with Gasteiger partial charge in [0.2, 0.25) is 0 Å². The zero-order valence-corrected chi connectivity index (χ0v) is 76.7. The molecule has 12 rings (SSSR count). The van der Waals surface area contributed by atoms with Crippen molar-refractivity contribution in [3.05, 3.63) is 297 Å². The third-order valence-electron chi connectivity index (χ3n) is 21.5. The number of hydrogen-bond acceptors (Lipinski definition) is 4. The molecule has 0 spiro atoms. The average molecular weight is 1510 g/mol. The molecule has 4 aliphatic rings. The van der Waals surface area contributed by atoms with Gasteiger partial charge in [0.25, 0.3) is 0 Å². The summed E-state index contributed by atoms with van der Waals surface area (Å²) in [5.41, 5.74) is 58.3. The summed E-state index contributed by atoms with van der Waals surface area (Å²) in [5, 5.41) is 0. The van der Waals surface area contributed by atoms with Gasteiger partial charge >= 0.3 is 39.0 Å². The van der Waals surface area contributed by atoms with Crippen LogP contribution in [0.2, 0.25) is 0 Å². The Kier molecular flexibility index (Phi) is 28.0. The van der Waals surface area contributed by atoms with Crippen LogP contribution in [-0.2, 0) is 51.8 Å². The van der Waals surface area contributed by atoms with Crippen molar-refractivity contribution in [3.63, 3.8) is 0 Å². The van der Waals surface area contributed by atoms with Gasteiger partial charge in [0.1, 0.15) is 0 Å². The van der Waals surface area contributed by atoms with Crippen LogP contribution in [0.5, 0.6) is 0 Å². The minimum atomic E-state index is 0. The fraction of sp³-hybridized carbons (Fsp3) is 0.375. The van der Waals surface area contributed by atoms with Crippen molar-refractivity contribution in [2.24, 2.45) is 20.0 Å². The predicted octanol–water partition coefficient (Wildman–Crippen LogP) is 24.1. The van der Waals surface area contributed by atoms with Crippen LogP contribution in [0.25, 0.3) is 22.3 Å². The Labute approximate surface area is 663 Å². The molecule has 0 bridgehead atoms. The molecule has 8 nitrogen and oxygen atoms in total. The Morgan fingerprint density at radius 1 is 0.283 bits per heavy atom. The van der Waals surface area contributed by atoms with E-state index in [1.807, 2.05) is 0 Å². The molecule has 0 atom stereocenters. The summed E-state index contributed by atoms with van der Waals surface area (Å²) in [4.78, 5) is 39.6. The van der Waals surface area contributed by atoms with Crippen molar-refractivity contribution in [2.45, 2.75) is 247 Å². The molecule has 0 aliphatic carbocycles. The quantitative estimate of drug-likeness (QED) is 0.114. The van der Waals surface area contributed by atoms with E-state index in [0.29, 0.717) is 0 Å². The first kappa shape index (κ1) is 85.1. The maximum atomic E-state index is 5.07. The number of hydrogen-bond donors (Lipinski definition) is 0. The Balaban J connectivity index is 0.000000196. The summed E-state index contributed by atoms with van der Waals surface area (Å²) in [7, 11) is 0. The molecule has 8 heterocycles. The number of benzene rings is 4. The van der Waals surface area contributed by atoms with Gasteiger partial charge in [-0.1, -0.05) is 172 Å². The molecule has 0 radical (unpaired) electrons. The fourth-order valence-electron chi connectivity index (χ4n) is 17.4. The molecule has 0 unspecified atom stereocenters.